The molecule has 4 amide bonds. The molecule has 3 aromatic rings. The quantitative estimate of drug-likeness (QED) is 0.0309. The molecule has 0 spiro atoms. The summed E-state index contributed by atoms with van der Waals surface area (Å²) in [7, 11) is 0. The third kappa shape index (κ3) is 26.7. The summed E-state index contributed by atoms with van der Waals surface area (Å²) in [6, 6.07) is 23.1. The summed E-state index contributed by atoms with van der Waals surface area (Å²) < 4.78 is 0. The molecule has 0 radical (unpaired) electrons. The van der Waals surface area contributed by atoms with Gasteiger partial charge in [0.05, 0.1) is 24.2 Å². The number of carbonyl (C=O) groups is 8. The molecule has 3 rings (SSSR count). The summed E-state index contributed by atoms with van der Waals surface area (Å²) >= 11 is 0. The lowest BCUT2D eigenvalue weighted by Crippen LogP contribution is -2.50. The standard InChI is InChI=1S/C58H86N8O9.2CH4/c1-38(2)30-49(65-56(72)45(32-40-18-8-5-9-19-40)37-51(67)46(61)33-41-20-10-6-11-21-41)52(68)35-43(24-16-27-59)54(70)63-29-15-14-26-48(58(74)75)64-55(71)44(25-17-28-60)36-53(69)50(31-39(3)4)66-57(73)47(62)34-42-22-12-7-13-23-42;;/h5-13,18-23,38-39,43-50H,14-17,24-37,59-62H2,1-4H3,(H,63,70)(H,64,71)(H,65,72)(H,66,73)(H,74,75);2*1H4/t43-,44-,45-,46+,47+,48+,49+,50+;;/m0../s1. The number of hydrogen-bond donors (Lipinski definition) is 9. The number of nitrogens with one attached hydrogen (secondary N) is 4. The molecule has 0 aliphatic rings. The van der Waals surface area contributed by atoms with E-state index in [1.165, 1.54) is 0 Å². The summed E-state index contributed by atoms with van der Waals surface area (Å²) in [6.45, 7) is 8.37. The van der Waals surface area contributed by atoms with Crippen molar-refractivity contribution in [3.05, 3.63) is 108 Å². The molecule has 0 bridgehead atoms. The summed E-state index contributed by atoms with van der Waals surface area (Å²) in [4.78, 5) is 109. The molecule has 0 aliphatic carbocycles. The Morgan fingerprint density at radius 1 is 0.455 bits per heavy atom. The van der Waals surface area contributed by atoms with Gasteiger partial charge in [0, 0.05) is 43.6 Å². The van der Waals surface area contributed by atoms with Gasteiger partial charge in [-0.05, 0) is 119 Å². The Morgan fingerprint density at radius 3 is 1.29 bits per heavy atom. The molecule has 0 saturated carbocycles. The predicted molar refractivity (Wildman–Crippen MR) is 305 cm³/mol. The first kappa shape index (κ1) is 68.9. The van der Waals surface area contributed by atoms with Crippen LogP contribution in [0.4, 0.5) is 0 Å². The van der Waals surface area contributed by atoms with Crippen LogP contribution in [0.15, 0.2) is 91.0 Å². The first-order valence-corrected chi connectivity index (χ1v) is 26.8. The van der Waals surface area contributed by atoms with Crippen molar-refractivity contribution >= 4 is 46.9 Å². The largest absolute Gasteiger partial charge is 0.480 e. The number of benzene rings is 3. The smallest absolute Gasteiger partial charge is 0.326 e. The van der Waals surface area contributed by atoms with Crippen molar-refractivity contribution in [3.63, 3.8) is 0 Å². The van der Waals surface area contributed by atoms with Gasteiger partial charge in [0.2, 0.25) is 23.6 Å². The average molecular weight is 1070 g/mol. The molecule has 0 unspecified atom stereocenters. The molecule has 17 heteroatoms. The molecular weight excluding hydrogens is 977 g/mol. The Hall–Kier alpha value is -6.14. The van der Waals surface area contributed by atoms with Gasteiger partial charge in [-0.15, -0.1) is 0 Å². The number of aliphatic carboxylic acids is 1. The molecule has 8 atom stereocenters. The molecule has 0 fully saturated rings. The highest BCUT2D eigenvalue weighted by Gasteiger charge is 2.34. The molecule has 0 aliphatic heterocycles. The van der Waals surface area contributed by atoms with Gasteiger partial charge in [0.15, 0.2) is 17.3 Å². The SMILES string of the molecule is C.C.CC(C)C[C@@H](NC(=O)[C@H](CC(=O)[C@H](N)Cc1ccccc1)Cc1ccccc1)C(=O)C[C@H](CCCN)C(=O)NCCCC[C@@H](NC(=O)[C@@H](CCCN)CC(=O)[C@@H](CC(C)C)NC(=O)[C@H](N)Cc1ccccc1)C(=O)O. The zero-order chi connectivity index (χ0) is 55.3. The van der Waals surface area contributed by atoms with Crippen molar-refractivity contribution in [2.24, 2.45) is 52.5 Å². The zero-order valence-corrected chi connectivity index (χ0v) is 44.7. The molecular formula is C60H94N8O9. The van der Waals surface area contributed by atoms with Gasteiger partial charge in [-0.25, -0.2) is 4.79 Å². The van der Waals surface area contributed by atoms with Crippen LogP contribution in [0.5, 0.6) is 0 Å². The van der Waals surface area contributed by atoms with Crippen molar-refractivity contribution in [2.75, 3.05) is 19.6 Å². The van der Waals surface area contributed by atoms with Crippen LogP contribution in [0.25, 0.3) is 0 Å². The third-order valence-corrected chi connectivity index (χ3v) is 13.3. The predicted octanol–water partition coefficient (Wildman–Crippen LogP) is 5.76. The Morgan fingerprint density at radius 2 is 0.844 bits per heavy atom. The van der Waals surface area contributed by atoms with Gasteiger partial charge in [-0.3, -0.25) is 33.6 Å². The fourth-order valence-electron chi connectivity index (χ4n) is 9.07. The van der Waals surface area contributed by atoms with Crippen LogP contribution in [-0.2, 0) is 57.6 Å². The normalized spacial score (nSPS) is 14.2. The fraction of sp³-hybridized carbons (Fsp3) is 0.567. The van der Waals surface area contributed by atoms with E-state index in [4.69, 9.17) is 22.9 Å². The van der Waals surface area contributed by atoms with Crippen LogP contribution >= 0.6 is 0 Å². The molecule has 17 nitrogen and oxygen atoms in total. The number of ketones is 3. The number of carboxylic acids is 1. The molecule has 77 heavy (non-hydrogen) atoms. The van der Waals surface area contributed by atoms with E-state index in [0.29, 0.717) is 51.4 Å². The minimum absolute atomic E-state index is 0. The third-order valence-electron chi connectivity index (χ3n) is 13.3. The molecule has 3 aromatic carbocycles. The Labute approximate surface area is 459 Å². The molecule has 428 valence electrons. The van der Waals surface area contributed by atoms with Crippen LogP contribution in [-0.4, -0.2) is 102 Å². The number of carbonyl (C=O) groups excluding carboxylic acids is 7. The summed E-state index contributed by atoms with van der Waals surface area (Å²) in [5, 5.41) is 21.4. The highest BCUT2D eigenvalue weighted by atomic mass is 16.4. The van der Waals surface area contributed by atoms with E-state index in [0.717, 1.165) is 16.7 Å². The summed E-state index contributed by atoms with van der Waals surface area (Å²) in [6.07, 6.45) is 3.02. The van der Waals surface area contributed by atoms with E-state index in [1.54, 1.807) is 0 Å². The fourth-order valence-corrected chi connectivity index (χ4v) is 9.07. The first-order valence-electron chi connectivity index (χ1n) is 26.8. The second kappa shape index (κ2) is 37.6. The lowest BCUT2D eigenvalue weighted by molar-refractivity contribution is -0.143. The van der Waals surface area contributed by atoms with E-state index in [1.807, 2.05) is 119 Å². The van der Waals surface area contributed by atoms with E-state index in [2.05, 4.69) is 21.3 Å². The van der Waals surface area contributed by atoms with E-state index >= 15 is 0 Å². The number of nitrogens with two attached hydrogens (primary N) is 4. The monoisotopic (exact) mass is 1070 g/mol. The second-order valence-corrected chi connectivity index (χ2v) is 20.8. The van der Waals surface area contributed by atoms with Gasteiger partial charge in [-0.2, -0.15) is 0 Å². The Kier molecular flexibility index (Phi) is 33.6. The van der Waals surface area contributed by atoms with Crippen molar-refractivity contribution in [1.29, 1.82) is 0 Å². The van der Waals surface area contributed by atoms with Gasteiger partial charge < -0.3 is 49.3 Å². The molecule has 0 aromatic heterocycles. The van der Waals surface area contributed by atoms with E-state index < -0.39 is 71.7 Å². The highest BCUT2D eigenvalue weighted by Crippen LogP contribution is 2.21. The Balaban J connectivity index is 0.0000148. The maximum absolute atomic E-state index is 14.1. The van der Waals surface area contributed by atoms with Crippen LogP contribution in [0, 0.1) is 29.6 Å². The van der Waals surface area contributed by atoms with Gasteiger partial charge in [0.1, 0.15) is 6.04 Å². The van der Waals surface area contributed by atoms with Crippen LogP contribution < -0.4 is 44.2 Å². The molecule has 0 heterocycles. The number of carboxylic acid groups (broad SMARTS) is 1. The van der Waals surface area contributed by atoms with Crippen LogP contribution in [0.1, 0.15) is 136 Å². The number of Topliss-reactive ketones (excluding diaryl/α,β-unsaturated/α-hetero) is 3. The number of unbranched alkanes of at least 4 members (excludes halogenated alkanes) is 1. The topological polar surface area (TPSA) is 309 Å². The maximum atomic E-state index is 14.1. The summed E-state index contributed by atoms with van der Waals surface area (Å²) in [5.41, 5.74) is 26.8. The lowest BCUT2D eigenvalue weighted by Gasteiger charge is -2.25. The summed E-state index contributed by atoms with van der Waals surface area (Å²) in [5.74, 6) is -6.61. The lowest BCUT2D eigenvalue weighted by atomic mass is 9.88. The second-order valence-electron chi connectivity index (χ2n) is 20.8. The number of rotatable bonds is 38. The van der Waals surface area contributed by atoms with Gasteiger partial charge in [0.25, 0.3) is 0 Å². The van der Waals surface area contributed by atoms with Crippen molar-refractivity contribution < 1.29 is 43.5 Å². The maximum Gasteiger partial charge on any atom is 0.326 e. The number of hydrogen-bond acceptors (Lipinski definition) is 12. The minimum atomic E-state index is -1.29. The molecule has 0 saturated heterocycles. The minimum Gasteiger partial charge on any atom is -0.480 e. The number of amides is 4. The molecule has 13 N–H and O–H groups in total. The van der Waals surface area contributed by atoms with E-state index in [9.17, 15) is 43.5 Å². The van der Waals surface area contributed by atoms with Crippen LogP contribution in [0.2, 0.25) is 0 Å². The Bertz CT molecular complexity index is 2230. The van der Waals surface area contributed by atoms with Crippen molar-refractivity contribution in [2.45, 2.75) is 169 Å². The van der Waals surface area contributed by atoms with Crippen molar-refractivity contribution in [3.8, 4) is 0 Å². The average Bonchev–Trinajstić information content (AvgIpc) is 3.37. The zero-order valence-electron chi connectivity index (χ0n) is 44.7. The van der Waals surface area contributed by atoms with E-state index in [-0.39, 0.29) is 115 Å². The highest BCUT2D eigenvalue weighted by molar-refractivity contribution is 5.96. The van der Waals surface area contributed by atoms with Crippen LogP contribution in [0.3, 0.4) is 0 Å². The van der Waals surface area contributed by atoms with Gasteiger partial charge in [-0.1, -0.05) is 134 Å². The van der Waals surface area contributed by atoms with Gasteiger partial charge >= 0.3 is 5.97 Å². The van der Waals surface area contributed by atoms with Crippen molar-refractivity contribution in [1.82, 2.24) is 21.3 Å². The first-order chi connectivity index (χ1) is 35.8.